The first-order valence-corrected chi connectivity index (χ1v) is 4.76. The predicted molar refractivity (Wildman–Crippen MR) is 57.2 cm³/mol. The van der Waals surface area contributed by atoms with Crippen molar-refractivity contribution in [2.75, 3.05) is 0 Å². The first kappa shape index (κ1) is 9.46. The zero-order chi connectivity index (χ0) is 10.5. The van der Waals surface area contributed by atoms with E-state index in [4.69, 9.17) is 0 Å². The second-order valence-electron chi connectivity index (χ2n) is 3.18. The van der Waals surface area contributed by atoms with Crippen LogP contribution in [0.5, 0.6) is 0 Å². The Morgan fingerprint density at radius 2 is 1.53 bits per heavy atom. The van der Waals surface area contributed by atoms with Gasteiger partial charge in [0.2, 0.25) is 0 Å². The van der Waals surface area contributed by atoms with E-state index in [1.807, 2.05) is 60.9 Å². The minimum absolute atomic E-state index is 0.00630. The molecule has 0 aliphatic rings. The van der Waals surface area contributed by atoms with Crippen molar-refractivity contribution in [3.63, 3.8) is 0 Å². The van der Waals surface area contributed by atoms with Crippen LogP contribution in [0.3, 0.4) is 0 Å². The molecular formula is C13H11NO. The molecule has 0 radical (unpaired) electrons. The molecule has 1 aromatic carbocycles. The van der Waals surface area contributed by atoms with Crippen LogP contribution in [0, 0.1) is 0 Å². The average Bonchev–Trinajstić information content (AvgIpc) is 2.31. The second kappa shape index (κ2) is 4.42. The molecule has 0 bridgehead atoms. The highest BCUT2D eigenvalue weighted by atomic mass is 16.3. The van der Waals surface area contributed by atoms with E-state index in [2.05, 4.69) is 0 Å². The van der Waals surface area contributed by atoms with Crippen LogP contribution < -0.4 is 9.67 Å². The molecule has 15 heavy (non-hydrogen) atoms. The molecule has 2 nitrogen and oxygen atoms in total. The maximum absolute atomic E-state index is 11.7. The van der Waals surface area contributed by atoms with Gasteiger partial charge >= 0.3 is 0 Å². The number of benzene rings is 1. The Kier molecular flexibility index (Phi) is 2.79. The zero-order valence-corrected chi connectivity index (χ0v) is 8.21. The first-order chi connectivity index (χ1) is 7.36. The summed E-state index contributed by atoms with van der Waals surface area (Å²) in [6, 6.07) is 14.9. The Morgan fingerprint density at radius 3 is 2.20 bits per heavy atom. The van der Waals surface area contributed by atoms with Gasteiger partial charge in [0.25, 0.3) is 0 Å². The number of hydrogen-bond acceptors (Lipinski definition) is 1. The highest BCUT2D eigenvalue weighted by Crippen LogP contribution is 2.06. The molecule has 0 saturated heterocycles. The van der Waals surface area contributed by atoms with Gasteiger partial charge in [-0.25, -0.2) is 0 Å². The van der Waals surface area contributed by atoms with E-state index in [0.29, 0.717) is 5.56 Å². The molecule has 0 atom stereocenters. The van der Waals surface area contributed by atoms with Crippen LogP contribution in [0.2, 0.25) is 0 Å². The van der Waals surface area contributed by atoms with Crippen LogP contribution in [-0.4, -0.2) is 0 Å². The Bertz CT molecular complexity index is 448. The minimum Gasteiger partial charge on any atom is -0.868 e. The first-order valence-electron chi connectivity index (χ1n) is 4.76. The average molecular weight is 197 g/mol. The summed E-state index contributed by atoms with van der Waals surface area (Å²) >= 11 is 0. The van der Waals surface area contributed by atoms with Crippen LogP contribution in [0.1, 0.15) is 5.56 Å². The molecule has 1 heterocycles. The summed E-state index contributed by atoms with van der Waals surface area (Å²) < 4.78 is 1.75. The van der Waals surface area contributed by atoms with E-state index in [0.717, 1.165) is 0 Å². The molecule has 2 rings (SSSR count). The molecule has 2 aromatic rings. The van der Waals surface area contributed by atoms with Crippen LogP contribution in [-0.2, 0) is 0 Å². The number of nitrogens with zero attached hydrogens (tertiary/aromatic N) is 1. The van der Waals surface area contributed by atoms with Crippen molar-refractivity contribution in [2.45, 2.75) is 0 Å². The molecule has 2 heteroatoms. The highest BCUT2D eigenvalue weighted by Gasteiger charge is 1.94. The summed E-state index contributed by atoms with van der Waals surface area (Å²) in [5.74, 6) is 0.00630. The molecular weight excluding hydrogens is 186 g/mol. The molecule has 0 N–H and O–H groups in total. The number of rotatable bonds is 2. The fourth-order valence-corrected chi connectivity index (χ4v) is 1.31. The predicted octanol–water partition coefficient (Wildman–Crippen LogP) is 1.29. The lowest BCUT2D eigenvalue weighted by atomic mass is 10.2. The molecule has 0 spiro atoms. The Hall–Kier alpha value is -2.09. The maximum atomic E-state index is 11.7. The summed E-state index contributed by atoms with van der Waals surface area (Å²) in [5.41, 5.74) is 0.703. The van der Waals surface area contributed by atoms with E-state index < -0.39 is 0 Å². The Labute approximate surface area is 88.8 Å². The number of hydrogen-bond donors (Lipinski definition) is 0. The fourth-order valence-electron chi connectivity index (χ4n) is 1.31. The summed E-state index contributed by atoms with van der Waals surface area (Å²) in [4.78, 5) is 0. The highest BCUT2D eigenvalue weighted by molar-refractivity contribution is 5.64. The topological polar surface area (TPSA) is 26.9 Å². The third-order valence-electron chi connectivity index (χ3n) is 2.06. The molecule has 1 aromatic heterocycles. The van der Waals surface area contributed by atoms with Gasteiger partial charge in [-0.15, -0.1) is 0 Å². The van der Waals surface area contributed by atoms with E-state index in [9.17, 15) is 5.11 Å². The van der Waals surface area contributed by atoms with Gasteiger partial charge < -0.3 is 5.11 Å². The van der Waals surface area contributed by atoms with Crippen LogP contribution in [0.4, 0.5) is 0 Å². The van der Waals surface area contributed by atoms with E-state index >= 15 is 0 Å². The van der Waals surface area contributed by atoms with Gasteiger partial charge in [0.05, 0.1) is 0 Å². The van der Waals surface area contributed by atoms with E-state index in [-0.39, 0.29) is 5.76 Å². The normalized spacial score (nSPS) is 11.3. The smallest absolute Gasteiger partial charge is 0.174 e. The van der Waals surface area contributed by atoms with Crippen LogP contribution in [0.25, 0.3) is 12.0 Å². The van der Waals surface area contributed by atoms with Gasteiger partial charge in [-0.2, -0.15) is 4.57 Å². The Morgan fingerprint density at radius 1 is 0.933 bits per heavy atom. The maximum Gasteiger partial charge on any atom is 0.174 e. The standard InChI is InChI=1S/C13H11NO/c15-13(12-7-3-1-4-8-12)11-14-9-5-2-6-10-14/h1-11H/b13-11-. The summed E-state index contributed by atoms with van der Waals surface area (Å²) in [5, 5.41) is 11.7. The summed E-state index contributed by atoms with van der Waals surface area (Å²) in [6.07, 6.45) is 5.23. The van der Waals surface area contributed by atoms with Gasteiger partial charge in [-0.3, -0.25) is 0 Å². The summed E-state index contributed by atoms with van der Waals surface area (Å²) in [7, 11) is 0. The lowest BCUT2D eigenvalue weighted by Gasteiger charge is -2.08. The molecule has 0 saturated carbocycles. The lowest BCUT2D eigenvalue weighted by molar-refractivity contribution is -0.570. The lowest BCUT2D eigenvalue weighted by Crippen LogP contribution is -2.26. The van der Waals surface area contributed by atoms with Gasteiger partial charge in [0.15, 0.2) is 18.6 Å². The molecule has 74 valence electrons. The van der Waals surface area contributed by atoms with E-state index in [1.54, 1.807) is 10.8 Å². The molecule has 0 unspecified atom stereocenters. The molecule has 0 aliphatic carbocycles. The third-order valence-corrected chi connectivity index (χ3v) is 2.06. The van der Waals surface area contributed by atoms with Crippen molar-refractivity contribution in [2.24, 2.45) is 0 Å². The largest absolute Gasteiger partial charge is 0.868 e. The quantitative estimate of drug-likeness (QED) is 0.526. The monoisotopic (exact) mass is 197 g/mol. The second-order valence-corrected chi connectivity index (χ2v) is 3.18. The van der Waals surface area contributed by atoms with Crippen molar-refractivity contribution in [1.29, 1.82) is 0 Å². The van der Waals surface area contributed by atoms with E-state index in [1.165, 1.54) is 0 Å². The molecule has 0 aliphatic heterocycles. The third kappa shape index (κ3) is 2.44. The van der Waals surface area contributed by atoms with Crippen LogP contribution >= 0.6 is 0 Å². The van der Waals surface area contributed by atoms with Crippen molar-refractivity contribution in [1.82, 2.24) is 0 Å². The van der Waals surface area contributed by atoms with Crippen molar-refractivity contribution in [3.8, 4) is 0 Å². The fraction of sp³-hybridized carbons (Fsp3) is 0. The Balaban J connectivity index is 2.29. The molecule has 0 fully saturated rings. The van der Waals surface area contributed by atoms with Gasteiger partial charge in [0, 0.05) is 12.1 Å². The van der Waals surface area contributed by atoms with Crippen molar-refractivity contribution < 1.29 is 9.67 Å². The van der Waals surface area contributed by atoms with Crippen molar-refractivity contribution >= 4 is 12.0 Å². The zero-order valence-electron chi connectivity index (χ0n) is 8.21. The SMILES string of the molecule is [O-]/C(=C\[n+]1ccccc1)c1ccccc1. The van der Waals surface area contributed by atoms with Gasteiger partial charge in [-0.1, -0.05) is 36.4 Å². The molecule has 0 amide bonds. The van der Waals surface area contributed by atoms with Crippen molar-refractivity contribution in [3.05, 3.63) is 66.5 Å². The summed E-state index contributed by atoms with van der Waals surface area (Å²) in [6.45, 7) is 0. The number of aromatic nitrogens is 1. The van der Waals surface area contributed by atoms with Gasteiger partial charge in [0.1, 0.15) is 0 Å². The minimum atomic E-state index is 0.00630. The number of pyridine rings is 1. The van der Waals surface area contributed by atoms with Crippen LogP contribution in [0.15, 0.2) is 60.9 Å². The van der Waals surface area contributed by atoms with Gasteiger partial charge in [-0.05, 0) is 11.3 Å².